The van der Waals surface area contributed by atoms with Gasteiger partial charge >= 0.3 is 0 Å². The molecular formula is C6H6NOTa-. The predicted octanol–water partition coefficient (Wildman–Crippen LogP) is 0.772. The van der Waals surface area contributed by atoms with E-state index in [0.717, 1.165) is 0 Å². The molecule has 0 aliphatic heterocycles. The molecule has 2 nitrogen and oxygen atoms in total. The molecule has 0 saturated carbocycles. The number of rotatable bonds is 0. The molecule has 0 fully saturated rings. The summed E-state index contributed by atoms with van der Waals surface area (Å²) in [5, 5.41) is 8.68. The molecule has 0 aromatic heterocycles. The van der Waals surface area contributed by atoms with Gasteiger partial charge in [0.25, 0.3) is 0 Å². The first-order valence-electron chi connectivity index (χ1n) is 2.25. The van der Waals surface area contributed by atoms with Gasteiger partial charge in [0.15, 0.2) is 0 Å². The van der Waals surface area contributed by atoms with E-state index in [2.05, 4.69) is 6.07 Å². The standard InChI is InChI=1S/C6H6NO.Ta/c7-5-2-1-3-6(8)4-5;/h1-2,4,8H,7H2;/q-1;. The second-order valence-corrected chi connectivity index (χ2v) is 1.51. The first kappa shape index (κ1) is 8.56. The van der Waals surface area contributed by atoms with E-state index >= 15 is 0 Å². The van der Waals surface area contributed by atoms with Crippen molar-refractivity contribution in [3.63, 3.8) is 0 Å². The van der Waals surface area contributed by atoms with Gasteiger partial charge in [-0.2, -0.15) is 6.07 Å². The van der Waals surface area contributed by atoms with Gasteiger partial charge in [-0.15, -0.1) is 18.2 Å². The number of aromatic hydroxyl groups is 1. The molecule has 0 aliphatic carbocycles. The molecule has 47 valence electrons. The Morgan fingerprint density at radius 3 is 2.56 bits per heavy atom. The molecule has 3 heteroatoms. The van der Waals surface area contributed by atoms with Crippen molar-refractivity contribution in [2.75, 3.05) is 5.73 Å². The zero-order valence-corrected chi connectivity index (χ0v) is 7.92. The molecule has 0 bridgehead atoms. The van der Waals surface area contributed by atoms with Crippen LogP contribution in [-0.4, -0.2) is 5.11 Å². The number of hydrogen-bond donors (Lipinski definition) is 2. The van der Waals surface area contributed by atoms with Crippen LogP contribution >= 0.6 is 0 Å². The summed E-state index contributed by atoms with van der Waals surface area (Å²) < 4.78 is 0. The Hall–Kier alpha value is -0.440. The number of phenolic OH excluding ortho intramolecular Hbond substituents is 1. The Morgan fingerprint density at radius 1 is 1.56 bits per heavy atom. The summed E-state index contributed by atoms with van der Waals surface area (Å²) in [6.45, 7) is 0. The number of nitrogen functional groups attached to an aromatic ring is 1. The van der Waals surface area contributed by atoms with Gasteiger partial charge in [-0.3, -0.25) is 0 Å². The minimum absolute atomic E-state index is 0. The molecule has 1 radical (unpaired) electrons. The van der Waals surface area contributed by atoms with E-state index in [0.29, 0.717) is 5.69 Å². The van der Waals surface area contributed by atoms with Gasteiger partial charge in [0.1, 0.15) is 0 Å². The van der Waals surface area contributed by atoms with Crippen molar-refractivity contribution in [1.29, 1.82) is 0 Å². The second kappa shape index (κ2) is 3.56. The molecular weight excluding hydrogens is 283 g/mol. The average Bonchev–Trinajstić information content (AvgIpc) is 1.64. The first-order valence-corrected chi connectivity index (χ1v) is 2.25. The van der Waals surface area contributed by atoms with Crippen molar-refractivity contribution in [3.05, 3.63) is 24.3 Å². The van der Waals surface area contributed by atoms with Gasteiger partial charge in [0, 0.05) is 28.1 Å². The molecule has 1 aromatic carbocycles. The third-order valence-corrected chi connectivity index (χ3v) is 0.810. The molecule has 0 aliphatic rings. The summed E-state index contributed by atoms with van der Waals surface area (Å²) in [4.78, 5) is 0. The maximum Gasteiger partial charge on any atom is 0.00587 e. The largest absolute Gasteiger partial charge is 0.534 e. The quantitative estimate of drug-likeness (QED) is 0.547. The minimum Gasteiger partial charge on any atom is -0.534 e. The number of benzene rings is 1. The van der Waals surface area contributed by atoms with Crippen LogP contribution in [0.15, 0.2) is 18.2 Å². The Balaban J connectivity index is 0.000000640. The van der Waals surface area contributed by atoms with Crippen LogP contribution < -0.4 is 5.73 Å². The van der Waals surface area contributed by atoms with Crippen molar-refractivity contribution in [3.8, 4) is 5.75 Å². The van der Waals surface area contributed by atoms with Crippen LogP contribution in [0.1, 0.15) is 0 Å². The van der Waals surface area contributed by atoms with Crippen LogP contribution in [0, 0.1) is 6.07 Å². The monoisotopic (exact) mass is 289 g/mol. The van der Waals surface area contributed by atoms with Crippen LogP contribution in [-0.2, 0) is 22.4 Å². The zero-order chi connectivity index (χ0) is 5.98. The summed E-state index contributed by atoms with van der Waals surface area (Å²) in [6, 6.07) is 7.23. The molecule has 0 spiro atoms. The summed E-state index contributed by atoms with van der Waals surface area (Å²) >= 11 is 0. The molecule has 0 amide bonds. The van der Waals surface area contributed by atoms with Crippen molar-refractivity contribution in [2.24, 2.45) is 0 Å². The molecule has 3 N–H and O–H groups in total. The fraction of sp³-hybridized carbons (Fsp3) is 0. The molecule has 9 heavy (non-hydrogen) atoms. The topological polar surface area (TPSA) is 46.2 Å². The summed E-state index contributed by atoms with van der Waals surface area (Å²) in [7, 11) is 0. The molecule has 0 atom stereocenters. The summed E-state index contributed by atoms with van der Waals surface area (Å²) in [6.07, 6.45) is 0. The van der Waals surface area contributed by atoms with Crippen molar-refractivity contribution >= 4 is 5.69 Å². The van der Waals surface area contributed by atoms with Gasteiger partial charge in [0.05, 0.1) is 0 Å². The fourth-order valence-corrected chi connectivity index (χ4v) is 0.471. The van der Waals surface area contributed by atoms with E-state index in [9.17, 15) is 0 Å². The first-order chi connectivity index (χ1) is 3.79. The number of anilines is 1. The van der Waals surface area contributed by atoms with Crippen LogP contribution in [0.25, 0.3) is 0 Å². The van der Waals surface area contributed by atoms with E-state index in [4.69, 9.17) is 10.8 Å². The van der Waals surface area contributed by atoms with Gasteiger partial charge in [-0.1, -0.05) is 5.69 Å². The van der Waals surface area contributed by atoms with E-state index in [-0.39, 0.29) is 28.1 Å². The Kier molecular flexibility index (Phi) is 3.39. The number of phenols is 1. The van der Waals surface area contributed by atoms with Gasteiger partial charge in [-0.05, 0) is 0 Å². The molecule has 1 aromatic rings. The van der Waals surface area contributed by atoms with Gasteiger partial charge in [-0.25, -0.2) is 0 Å². The van der Waals surface area contributed by atoms with E-state index in [1.807, 2.05) is 0 Å². The number of hydrogen-bond acceptors (Lipinski definition) is 2. The third kappa shape index (κ3) is 2.56. The molecule has 0 heterocycles. The van der Waals surface area contributed by atoms with Crippen molar-refractivity contribution in [1.82, 2.24) is 0 Å². The smallest absolute Gasteiger partial charge is 0.00587 e. The van der Waals surface area contributed by atoms with Crippen LogP contribution in [0.4, 0.5) is 5.69 Å². The summed E-state index contributed by atoms with van der Waals surface area (Å²) in [5.74, 6) is 0.0880. The second-order valence-electron chi connectivity index (χ2n) is 1.51. The molecule has 0 unspecified atom stereocenters. The van der Waals surface area contributed by atoms with Crippen LogP contribution in [0.5, 0.6) is 5.75 Å². The molecule has 0 saturated heterocycles. The van der Waals surface area contributed by atoms with Crippen LogP contribution in [0.3, 0.4) is 0 Å². The summed E-state index contributed by atoms with van der Waals surface area (Å²) in [5.41, 5.74) is 5.84. The third-order valence-electron chi connectivity index (χ3n) is 0.810. The van der Waals surface area contributed by atoms with Gasteiger partial charge in [0.2, 0.25) is 0 Å². The molecule has 1 rings (SSSR count). The fourth-order valence-electron chi connectivity index (χ4n) is 0.471. The normalized spacial score (nSPS) is 8.00. The Labute approximate surface area is 69.2 Å². The maximum atomic E-state index is 8.68. The SMILES string of the molecule is Nc1cc[c-]c(O)c1.[Ta]. The van der Waals surface area contributed by atoms with Crippen molar-refractivity contribution < 1.29 is 27.5 Å². The Morgan fingerprint density at radius 2 is 2.22 bits per heavy atom. The van der Waals surface area contributed by atoms with Gasteiger partial charge < -0.3 is 10.8 Å². The van der Waals surface area contributed by atoms with E-state index < -0.39 is 0 Å². The average molecular weight is 289 g/mol. The number of nitrogens with two attached hydrogens (primary N) is 1. The van der Waals surface area contributed by atoms with E-state index in [1.54, 1.807) is 12.1 Å². The minimum atomic E-state index is 0. The Bertz CT molecular complexity index is 173. The maximum absolute atomic E-state index is 8.68. The van der Waals surface area contributed by atoms with E-state index in [1.165, 1.54) is 6.07 Å². The van der Waals surface area contributed by atoms with Crippen molar-refractivity contribution in [2.45, 2.75) is 0 Å². The zero-order valence-electron chi connectivity index (χ0n) is 4.70. The van der Waals surface area contributed by atoms with Crippen LogP contribution in [0.2, 0.25) is 0 Å². The predicted molar refractivity (Wildman–Crippen MR) is 31.4 cm³/mol.